The third-order valence-corrected chi connectivity index (χ3v) is 12.5. The summed E-state index contributed by atoms with van der Waals surface area (Å²) in [5.74, 6) is 0.403. The van der Waals surface area contributed by atoms with E-state index in [1.165, 1.54) is 0 Å². The van der Waals surface area contributed by atoms with Crippen molar-refractivity contribution < 1.29 is 14.7 Å². The molecule has 0 aliphatic heterocycles. The van der Waals surface area contributed by atoms with Crippen molar-refractivity contribution in [3.63, 3.8) is 0 Å². The number of hydrogen-bond acceptors (Lipinski definition) is 4. The minimum Gasteiger partial charge on any atom is -0.387 e. The second-order valence-corrected chi connectivity index (χ2v) is 15.0. The number of rotatable bonds is 1. The van der Waals surface area contributed by atoms with Crippen LogP contribution in [0.5, 0.6) is 0 Å². The summed E-state index contributed by atoms with van der Waals surface area (Å²) in [6.07, 6.45) is 9.61. The number of fused-ring (bicyclic) bond motifs is 7. The molecule has 5 nitrogen and oxygen atoms in total. The minimum atomic E-state index is -0.743. The van der Waals surface area contributed by atoms with Gasteiger partial charge in [0.15, 0.2) is 5.78 Å². The van der Waals surface area contributed by atoms with Crippen LogP contribution in [-0.4, -0.2) is 41.9 Å². The van der Waals surface area contributed by atoms with Gasteiger partial charge in [0, 0.05) is 25.4 Å². The normalized spacial score (nSPS) is 48.2. The third-order valence-electron chi connectivity index (χ3n) is 12.5. The first-order valence-corrected chi connectivity index (χ1v) is 14.4. The Hall–Kier alpha value is -1.93. The van der Waals surface area contributed by atoms with Gasteiger partial charge in [-0.15, -0.1) is 0 Å². The summed E-state index contributed by atoms with van der Waals surface area (Å²) in [5.41, 5.74) is 0.352. The third kappa shape index (κ3) is 3.30. The molecule has 0 aromatic heterocycles. The van der Waals surface area contributed by atoms with Crippen molar-refractivity contribution in [2.24, 2.45) is 50.7 Å². The summed E-state index contributed by atoms with van der Waals surface area (Å²) in [4.78, 5) is 30.0. The van der Waals surface area contributed by atoms with Gasteiger partial charge in [-0.3, -0.25) is 9.59 Å². The molecule has 0 bridgehead atoms. The fourth-order valence-corrected chi connectivity index (χ4v) is 10.2. The zero-order chi connectivity index (χ0) is 27.3. The van der Waals surface area contributed by atoms with Crippen molar-refractivity contribution in [2.75, 3.05) is 14.1 Å². The molecule has 0 heterocycles. The van der Waals surface area contributed by atoms with E-state index in [0.717, 1.165) is 50.5 Å². The van der Waals surface area contributed by atoms with E-state index in [4.69, 9.17) is 0 Å². The van der Waals surface area contributed by atoms with Crippen molar-refractivity contribution in [3.8, 4) is 6.07 Å². The van der Waals surface area contributed by atoms with Crippen LogP contribution in [0.2, 0.25) is 0 Å². The smallest absolute Gasteiger partial charge is 0.228 e. The quantitative estimate of drug-likeness (QED) is 0.495. The van der Waals surface area contributed by atoms with E-state index in [1.807, 2.05) is 26.2 Å². The van der Waals surface area contributed by atoms with Gasteiger partial charge in [-0.25, -0.2) is 0 Å². The Balaban J connectivity index is 1.69. The molecule has 0 saturated heterocycles. The lowest BCUT2D eigenvalue weighted by Gasteiger charge is -2.68. The molecule has 5 aliphatic carbocycles. The van der Waals surface area contributed by atoms with Gasteiger partial charge < -0.3 is 10.0 Å². The molecule has 0 spiro atoms. The van der Waals surface area contributed by atoms with Crippen molar-refractivity contribution in [3.05, 3.63) is 23.3 Å². The zero-order valence-corrected chi connectivity index (χ0v) is 24.1. The largest absolute Gasteiger partial charge is 0.387 e. The molecule has 5 aliphatic rings. The van der Waals surface area contributed by atoms with E-state index in [2.05, 4.69) is 47.6 Å². The number of nitriles is 1. The standard InChI is InChI=1S/C32H46N2O3/c1-19-21-9-10-30(5)24(29(21,4)16-20(18-33)26(19)36)15-23(35)25-22-17-28(2,3)11-13-32(22,27(37)34(7)8)14-12-31(25,30)6/h15-16,19,21-22,25-26,36H,9-14,17H2,1-8H3/t19-,21-,22?,25?,26?,29-,30+,31+,32-/m0/s1. The molecule has 3 saturated carbocycles. The highest BCUT2D eigenvalue weighted by Crippen LogP contribution is 2.74. The highest BCUT2D eigenvalue weighted by atomic mass is 16.3. The maximum Gasteiger partial charge on any atom is 0.228 e. The lowest BCUT2D eigenvalue weighted by atomic mass is 9.34. The van der Waals surface area contributed by atoms with Crippen LogP contribution in [0.15, 0.2) is 23.3 Å². The molecule has 9 atom stereocenters. The Kier molecular flexibility index (Phi) is 5.80. The molecule has 202 valence electrons. The predicted molar refractivity (Wildman–Crippen MR) is 144 cm³/mol. The van der Waals surface area contributed by atoms with E-state index in [-0.39, 0.29) is 51.6 Å². The Labute approximate surface area is 223 Å². The molecule has 0 aromatic carbocycles. The molecule has 37 heavy (non-hydrogen) atoms. The van der Waals surface area contributed by atoms with Crippen LogP contribution in [0.3, 0.4) is 0 Å². The molecule has 0 aromatic rings. The van der Waals surface area contributed by atoms with Gasteiger partial charge in [-0.1, -0.05) is 53.2 Å². The van der Waals surface area contributed by atoms with Crippen LogP contribution < -0.4 is 0 Å². The fourth-order valence-electron chi connectivity index (χ4n) is 10.2. The van der Waals surface area contributed by atoms with Crippen LogP contribution in [0, 0.1) is 62.1 Å². The number of amides is 1. The fraction of sp³-hybridized carbons (Fsp3) is 0.781. The molecule has 3 fully saturated rings. The number of aliphatic hydroxyl groups excluding tert-OH is 1. The van der Waals surface area contributed by atoms with Gasteiger partial charge in [-0.2, -0.15) is 5.26 Å². The highest BCUT2D eigenvalue weighted by Gasteiger charge is 2.70. The van der Waals surface area contributed by atoms with Gasteiger partial charge in [-0.05, 0) is 85.0 Å². The summed E-state index contributed by atoms with van der Waals surface area (Å²) in [6, 6.07) is 2.26. The topological polar surface area (TPSA) is 81.4 Å². The Bertz CT molecular complexity index is 1140. The first kappa shape index (κ1) is 26.7. The lowest BCUT2D eigenvalue weighted by molar-refractivity contribution is -0.182. The van der Waals surface area contributed by atoms with Crippen molar-refractivity contribution in [1.82, 2.24) is 4.90 Å². The van der Waals surface area contributed by atoms with Crippen LogP contribution in [0.4, 0.5) is 0 Å². The number of nitrogens with zero attached hydrogens (tertiary/aromatic N) is 2. The van der Waals surface area contributed by atoms with Gasteiger partial charge in [0.25, 0.3) is 0 Å². The summed E-state index contributed by atoms with van der Waals surface area (Å²) in [5, 5.41) is 20.7. The maximum absolute atomic E-state index is 14.4. The second-order valence-electron chi connectivity index (χ2n) is 15.0. The number of ketones is 1. The van der Waals surface area contributed by atoms with Crippen molar-refractivity contribution >= 4 is 11.7 Å². The van der Waals surface area contributed by atoms with Crippen molar-refractivity contribution in [2.45, 2.75) is 92.6 Å². The SMILES string of the molecule is C[C@@H]1C(O)C(C#N)=C[C@]2(C)C3=CC(=O)C4C5CC(C)(C)CC[C@]5(C(=O)N(C)C)CC[C@@]4(C)[C@]3(C)CC[C@@H]12. The Morgan fingerprint density at radius 1 is 1.05 bits per heavy atom. The minimum absolute atomic E-state index is 0.0356. The molecular weight excluding hydrogens is 460 g/mol. The number of carbonyl (C=O) groups excluding carboxylic acids is 2. The van der Waals surface area contributed by atoms with E-state index in [0.29, 0.717) is 5.57 Å². The highest BCUT2D eigenvalue weighted by molar-refractivity contribution is 5.96. The van der Waals surface area contributed by atoms with E-state index < -0.39 is 16.9 Å². The van der Waals surface area contributed by atoms with E-state index >= 15 is 0 Å². The predicted octanol–water partition coefficient (Wildman–Crippen LogP) is 5.70. The van der Waals surface area contributed by atoms with Gasteiger partial charge in [0.1, 0.15) is 0 Å². The zero-order valence-electron chi connectivity index (χ0n) is 24.1. The molecule has 0 radical (unpaired) electrons. The first-order chi connectivity index (χ1) is 17.1. The van der Waals surface area contributed by atoms with Gasteiger partial charge in [0.05, 0.1) is 23.2 Å². The second kappa shape index (κ2) is 8.04. The van der Waals surface area contributed by atoms with Crippen LogP contribution in [0.1, 0.15) is 86.5 Å². The van der Waals surface area contributed by atoms with Crippen LogP contribution >= 0.6 is 0 Å². The maximum atomic E-state index is 14.4. The average Bonchev–Trinajstić information content (AvgIpc) is 2.82. The molecule has 5 rings (SSSR count). The monoisotopic (exact) mass is 506 g/mol. The van der Waals surface area contributed by atoms with E-state index in [1.54, 1.807) is 4.90 Å². The molecule has 5 heteroatoms. The van der Waals surface area contributed by atoms with Crippen LogP contribution in [0.25, 0.3) is 0 Å². The molecule has 3 unspecified atom stereocenters. The Morgan fingerprint density at radius 3 is 2.32 bits per heavy atom. The average molecular weight is 507 g/mol. The lowest BCUT2D eigenvalue weighted by Crippen LogP contribution is -2.66. The van der Waals surface area contributed by atoms with E-state index in [9.17, 15) is 20.0 Å². The van der Waals surface area contributed by atoms with Crippen molar-refractivity contribution in [1.29, 1.82) is 5.26 Å². The molecule has 1 amide bonds. The summed E-state index contributed by atoms with van der Waals surface area (Å²) in [6.45, 7) is 13.6. The number of allylic oxidation sites excluding steroid dienone is 3. The van der Waals surface area contributed by atoms with Gasteiger partial charge in [0.2, 0.25) is 5.91 Å². The van der Waals surface area contributed by atoms with Gasteiger partial charge >= 0.3 is 0 Å². The summed E-state index contributed by atoms with van der Waals surface area (Å²) >= 11 is 0. The number of aliphatic hydroxyl groups is 1. The molecule has 1 N–H and O–H groups in total. The Morgan fingerprint density at radius 2 is 1.70 bits per heavy atom. The van der Waals surface area contributed by atoms with Crippen LogP contribution in [-0.2, 0) is 9.59 Å². The summed E-state index contributed by atoms with van der Waals surface area (Å²) in [7, 11) is 3.73. The summed E-state index contributed by atoms with van der Waals surface area (Å²) < 4.78 is 0. The first-order valence-electron chi connectivity index (χ1n) is 14.4. The molecular formula is C32H46N2O3. The number of carbonyl (C=O) groups is 2. The number of hydrogen-bond donors (Lipinski definition) is 1.